The number of fused-ring (bicyclic) bond motifs is 1. The number of aromatic nitrogens is 3. The van der Waals surface area contributed by atoms with Crippen molar-refractivity contribution in [2.45, 2.75) is 11.8 Å². The molecule has 0 unspecified atom stereocenters. The third kappa shape index (κ3) is 2.23. The van der Waals surface area contributed by atoms with E-state index in [0.717, 1.165) is 0 Å². The molecule has 3 aromatic rings. The van der Waals surface area contributed by atoms with Gasteiger partial charge in [-0.1, -0.05) is 18.2 Å². The average molecular weight is 288 g/mol. The van der Waals surface area contributed by atoms with E-state index in [2.05, 4.69) is 14.9 Å². The van der Waals surface area contributed by atoms with Crippen molar-refractivity contribution in [1.29, 1.82) is 0 Å². The summed E-state index contributed by atoms with van der Waals surface area (Å²) in [5, 5.41) is 7.82. The molecule has 0 aliphatic heterocycles. The zero-order valence-corrected chi connectivity index (χ0v) is 11.5. The molecule has 1 aromatic carbocycles. The lowest BCUT2D eigenvalue weighted by atomic mass is 10.3. The van der Waals surface area contributed by atoms with Crippen molar-refractivity contribution in [1.82, 2.24) is 14.6 Å². The van der Waals surface area contributed by atoms with Crippen LogP contribution in [0.2, 0.25) is 0 Å². The normalized spacial score (nSPS) is 11.7. The van der Waals surface area contributed by atoms with Gasteiger partial charge in [-0.2, -0.15) is 0 Å². The summed E-state index contributed by atoms with van der Waals surface area (Å²) >= 11 is 0. The van der Waals surface area contributed by atoms with Crippen LogP contribution in [0, 0.1) is 6.92 Å². The summed E-state index contributed by atoms with van der Waals surface area (Å²) in [6.45, 7) is 1.76. The first-order valence-corrected chi connectivity index (χ1v) is 7.44. The van der Waals surface area contributed by atoms with E-state index in [4.69, 9.17) is 0 Å². The summed E-state index contributed by atoms with van der Waals surface area (Å²) in [7, 11) is -3.63. The average Bonchev–Trinajstić information content (AvgIpc) is 2.81. The smallest absolute Gasteiger partial charge is 0.263 e. The second-order valence-electron chi connectivity index (χ2n) is 4.31. The molecule has 0 saturated carbocycles. The molecule has 1 N–H and O–H groups in total. The van der Waals surface area contributed by atoms with Crippen LogP contribution in [-0.2, 0) is 10.0 Å². The van der Waals surface area contributed by atoms with Gasteiger partial charge in [-0.3, -0.25) is 9.12 Å². The van der Waals surface area contributed by atoms with Gasteiger partial charge in [-0.25, -0.2) is 8.42 Å². The lowest BCUT2D eigenvalue weighted by Crippen LogP contribution is -2.13. The van der Waals surface area contributed by atoms with E-state index in [1.54, 1.807) is 41.7 Å². The SMILES string of the molecule is Cc1nnc2ccc(S(=O)(=O)Nc3ccccc3)cn12. The monoisotopic (exact) mass is 288 g/mol. The van der Waals surface area contributed by atoms with E-state index in [0.29, 0.717) is 17.2 Å². The fourth-order valence-corrected chi connectivity index (χ4v) is 2.92. The van der Waals surface area contributed by atoms with Crippen LogP contribution in [0.4, 0.5) is 5.69 Å². The Labute approximate surface area is 116 Å². The number of benzene rings is 1. The highest BCUT2D eigenvalue weighted by Crippen LogP contribution is 2.16. The van der Waals surface area contributed by atoms with Gasteiger partial charge >= 0.3 is 0 Å². The summed E-state index contributed by atoms with van der Waals surface area (Å²) < 4.78 is 28.8. The van der Waals surface area contributed by atoms with Gasteiger partial charge in [0.05, 0.1) is 0 Å². The minimum Gasteiger partial charge on any atom is -0.285 e. The Morgan fingerprint density at radius 3 is 2.55 bits per heavy atom. The van der Waals surface area contributed by atoms with E-state index in [9.17, 15) is 8.42 Å². The van der Waals surface area contributed by atoms with Crippen LogP contribution in [0.15, 0.2) is 53.6 Å². The highest BCUT2D eigenvalue weighted by molar-refractivity contribution is 7.92. The lowest BCUT2D eigenvalue weighted by Gasteiger charge is -2.08. The molecule has 2 heterocycles. The Balaban J connectivity index is 2.02. The molecule has 0 atom stereocenters. The number of hydrogen-bond donors (Lipinski definition) is 1. The summed E-state index contributed by atoms with van der Waals surface area (Å²) in [6, 6.07) is 11.9. The van der Waals surface area contributed by atoms with Crippen molar-refractivity contribution >= 4 is 21.4 Å². The minimum absolute atomic E-state index is 0.164. The summed E-state index contributed by atoms with van der Waals surface area (Å²) in [5.74, 6) is 0.636. The third-order valence-electron chi connectivity index (χ3n) is 2.88. The largest absolute Gasteiger partial charge is 0.285 e. The van der Waals surface area contributed by atoms with Crippen LogP contribution in [0.5, 0.6) is 0 Å². The summed E-state index contributed by atoms with van der Waals surface area (Å²) in [6.07, 6.45) is 1.51. The van der Waals surface area contributed by atoms with Crippen LogP contribution in [-0.4, -0.2) is 23.0 Å². The van der Waals surface area contributed by atoms with Crippen LogP contribution in [0.25, 0.3) is 5.65 Å². The molecule has 3 rings (SSSR count). The molecule has 0 amide bonds. The molecule has 0 spiro atoms. The molecule has 0 bridgehead atoms. The summed E-state index contributed by atoms with van der Waals surface area (Å²) in [4.78, 5) is 0.164. The number of hydrogen-bond acceptors (Lipinski definition) is 4. The van der Waals surface area contributed by atoms with Crippen molar-refractivity contribution in [3.8, 4) is 0 Å². The highest BCUT2D eigenvalue weighted by atomic mass is 32.2. The van der Waals surface area contributed by atoms with Gasteiger partial charge in [0.15, 0.2) is 5.65 Å². The molecule has 0 aliphatic carbocycles. The number of para-hydroxylation sites is 1. The van der Waals surface area contributed by atoms with E-state index in [1.807, 2.05) is 6.07 Å². The number of nitrogens with zero attached hydrogens (tertiary/aromatic N) is 3. The van der Waals surface area contributed by atoms with Crippen LogP contribution in [0.3, 0.4) is 0 Å². The van der Waals surface area contributed by atoms with Crippen molar-refractivity contribution in [2.24, 2.45) is 0 Å². The molecule has 102 valence electrons. The fourth-order valence-electron chi connectivity index (χ4n) is 1.87. The first kappa shape index (κ1) is 12.6. The van der Waals surface area contributed by atoms with Crippen molar-refractivity contribution in [2.75, 3.05) is 4.72 Å². The molecule has 6 nitrogen and oxygen atoms in total. The van der Waals surface area contributed by atoms with Gasteiger partial charge < -0.3 is 0 Å². The Morgan fingerprint density at radius 2 is 1.80 bits per heavy atom. The number of pyridine rings is 1. The van der Waals surface area contributed by atoms with Gasteiger partial charge in [0.25, 0.3) is 10.0 Å². The van der Waals surface area contributed by atoms with Gasteiger partial charge in [-0.15, -0.1) is 10.2 Å². The summed E-state index contributed by atoms with van der Waals surface area (Å²) in [5.41, 5.74) is 1.13. The number of aryl methyl sites for hydroxylation is 1. The number of rotatable bonds is 3. The Kier molecular flexibility index (Phi) is 2.90. The second-order valence-corrected chi connectivity index (χ2v) is 5.99. The number of nitrogens with one attached hydrogen (secondary N) is 1. The van der Waals surface area contributed by atoms with Gasteiger partial charge in [0, 0.05) is 11.9 Å². The van der Waals surface area contributed by atoms with Crippen molar-refractivity contribution in [3.05, 3.63) is 54.5 Å². The Hall–Kier alpha value is -2.41. The quantitative estimate of drug-likeness (QED) is 0.798. The molecule has 0 aliphatic rings. The van der Waals surface area contributed by atoms with Crippen molar-refractivity contribution in [3.63, 3.8) is 0 Å². The Morgan fingerprint density at radius 1 is 1.05 bits per heavy atom. The molecule has 0 radical (unpaired) electrons. The van der Waals surface area contributed by atoms with Crippen LogP contribution in [0.1, 0.15) is 5.82 Å². The molecule has 20 heavy (non-hydrogen) atoms. The number of anilines is 1. The van der Waals surface area contributed by atoms with E-state index in [-0.39, 0.29) is 4.90 Å². The number of sulfonamides is 1. The standard InChI is InChI=1S/C13H12N4O2S/c1-10-14-15-13-8-7-12(9-17(10)13)20(18,19)16-11-5-3-2-4-6-11/h2-9,16H,1H3. The van der Waals surface area contributed by atoms with Gasteiger partial charge in [0.1, 0.15) is 10.7 Å². The molecule has 7 heteroatoms. The van der Waals surface area contributed by atoms with E-state index >= 15 is 0 Å². The first-order valence-electron chi connectivity index (χ1n) is 5.95. The zero-order chi connectivity index (χ0) is 14.2. The van der Waals surface area contributed by atoms with E-state index < -0.39 is 10.0 Å². The topological polar surface area (TPSA) is 76.4 Å². The Bertz CT molecular complexity index is 856. The minimum atomic E-state index is -3.63. The van der Waals surface area contributed by atoms with E-state index in [1.165, 1.54) is 12.3 Å². The highest BCUT2D eigenvalue weighted by Gasteiger charge is 2.15. The van der Waals surface area contributed by atoms with Crippen LogP contribution >= 0.6 is 0 Å². The van der Waals surface area contributed by atoms with Gasteiger partial charge in [0.2, 0.25) is 0 Å². The lowest BCUT2D eigenvalue weighted by molar-refractivity contribution is 0.600. The third-order valence-corrected chi connectivity index (χ3v) is 4.25. The maximum absolute atomic E-state index is 12.3. The zero-order valence-electron chi connectivity index (χ0n) is 10.7. The maximum atomic E-state index is 12.3. The molecule has 2 aromatic heterocycles. The maximum Gasteiger partial charge on any atom is 0.263 e. The second kappa shape index (κ2) is 4.61. The fraction of sp³-hybridized carbons (Fsp3) is 0.0769. The van der Waals surface area contributed by atoms with Crippen molar-refractivity contribution < 1.29 is 8.42 Å². The first-order chi connectivity index (χ1) is 9.56. The molecule has 0 fully saturated rings. The molecular formula is C13H12N4O2S. The predicted molar refractivity (Wildman–Crippen MR) is 75.0 cm³/mol. The molecule has 0 saturated heterocycles. The molecular weight excluding hydrogens is 276 g/mol. The van der Waals surface area contributed by atoms with Gasteiger partial charge in [-0.05, 0) is 31.2 Å². The van der Waals surface area contributed by atoms with Crippen LogP contribution < -0.4 is 4.72 Å². The predicted octanol–water partition coefficient (Wildman–Crippen LogP) is 1.84.